The summed E-state index contributed by atoms with van der Waals surface area (Å²) in [7, 11) is -1.50. The van der Waals surface area contributed by atoms with Gasteiger partial charge in [-0.1, -0.05) is 73.4 Å². The number of hydrogen-bond acceptors (Lipinski definition) is 2. The van der Waals surface area contributed by atoms with Gasteiger partial charge in [0, 0.05) is 0 Å². The van der Waals surface area contributed by atoms with Crippen molar-refractivity contribution in [2.45, 2.75) is 13.8 Å². The molecule has 1 aromatic carbocycles. The minimum atomic E-state index is -1.50. The van der Waals surface area contributed by atoms with Crippen molar-refractivity contribution in [3.05, 3.63) is 90.5 Å². The van der Waals surface area contributed by atoms with Crippen LogP contribution in [-0.4, -0.2) is 17.2 Å². The normalized spacial score (nSPS) is 11.6. The van der Waals surface area contributed by atoms with Gasteiger partial charge in [0.1, 0.15) is 0 Å². The van der Waals surface area contributed by atoms with Crippen LogP contribution in [0.5, 0.6) is 0 Å². The molecule has 0 atom stereocenters. The van der Waals surface area contributed by atoms with Gasteiger partial charge in [-0.15, -0.1) is 6.58 Å². The van der Waals surface area contributed by atoms with Gasteiger partial charge in [0.25, 0.3) is 0 Å². The van der Waals surface area contributed by atoms with Crippen molar-refractivity contribution in [3.63, 3.8) is 0 Å². The average molecular weight is 282 g/mol. The van der Waals surface area contributed by atoms with Crippen LogP contribution in [-0.2, 0) is 0 Å². The minimum absolute atomic E-state index is 0.430. The molecule has 0 spiro atoms. The molecule has 1 aromatic rings. The van der Waals surface area contributed by atoms with Crippen molar-refractivity contribution in [1.29, 1.82) is 0 Å². The molecule has 0 radical (unpaired) electrons. The molecule has 0 bridgehead atoms. The lowest BCUT2D eigenvalue weighted by atomic mass is 9.75. The third kappa shape index (κ3) is 7.93. The highest BCUT2D eigenvalue weighted by molar-refractivity contribution is 6.52. The molecule has 0 heterocycles. The zero-order valence-corrected chi connectivity index (χ0v) is 12.7. The Balaban J connectivity index is 0.00000122. The fourth-order valence-electron chi connectivity index (χ4n) is 1.54. The topological polar surface area (TPSA) is 40.5 Å². The van der Waals surface area contributed by atoms with Gasteiger partial charge in [-0.25, -0.2) is 0 Å². The molecule has 110 valence electrons. The van der Waals surface area contributed by atoms with E-state index in [9.17, 15) is 10.0 Å². The van der Waals surface area contributed by atoms with Gasteiger partial charge in [-0.05, 0) is 30.5 Å². The maximum atomic E-state index is 9.31. The van der Waals surface area contributed by atoms with E-state index in [0.29, 0.717) is 11.0 Å². The van der Waals surface area contributed by atoms with Gasteiger partial charge in [0.15, 0.2) is 0 Å². The van der Waals surface area contributed by atoms with E-state index >= 15 is 0 Å². The Morgan fingerprint density at radius 3 is 2.05 bits per heavy atom. The Morgan fingerprint density at radius 1 is 1.05 bits per heavy atom. The first kappa shape index (κ1) is 18.9. The average Bonchev–Trinajstić information content (AvgIpc) is 2.48. The summed E-state index contributed by atoms with van der Waals surface area (Å²) < 4.78 is 0. The van der Waals surface area contributed by atoms with E-state index in [1.807, 2.05) is 56.3 Å². The van der Waals surface area contributed by atoms with Crippen molar-refractivity contribution in [2.24, 2.45) is 0 Å². The Labute approximate surface area is 128 Å². The van der Waals surface area contributed by atoms with Crippen LogP contribution in [0.2, 0.25) is 0 Å². The molecule has 0 saturated carbocycles. The quantitative estimate of drug-likeness (QED) is 0.487. The summed E-state index contributed by atoms with van der Waals surface area (Å²) in [5, 5.41) is 18.6. The van der Waals surface area contributed by atoms with E-state index in [1.54, 1.807) is 24.3 Å². The largest absolute Gasteiger partial charge is 0.489 e. The maximum Gasteiger partial charge on any atom is 0.489 e. The van der Waals surface area contributed by atoms with Gasteiger partial charge < -0.3 is 10.0 Å². The molecule has 0 aliphatic rings. The van der Waals surface area contributed by atoms with Gasteiger partial charge >= 0.3 is 7.12 Å². The molecular formula is C18H23BO2. The first-order chi connectivity index (χ1) is 10.1. The van der Waals surface area contributed by atoms with E-state index < -0.39 is 7.12 Å². The lowest BCUT2D eigenvalue weighted by Gasteiger charge is -2.04. The van der Waals surface area contributed by atoms with Gasteiger partial charge in [-0.2, -0.15) is 0 Å². The van der Waals surface area contributed by atoms with Crippen molar-refractivity contribution in [3.8, 4) is 0 Å². The summed E-state index contributed by atoms with van der Waals surface area (Å²) in [4.78, 5) is 0. The van der Waals surface area contributed by atoms with Crippen LogP contribution in [0.1, 0.15) is 19.4 Å². The van der Waals surface area contributed by atoms with Crippen LogP contribution in [0, 0.1) is 0 Å². The monoisotopic (exact) mass is 282 g/mol. The van der Waals surface area contributed by atoms with Crippen molar-refractivity contribution in [1.82, 2.24) is 0 Å². The summed E-state index contributed by atoms with van der Waals surface area (Å²) in [5.74, 6) is 0. The predicted molar refractivity (Wildman–Crippen MR) is 93.6 cm³/mol. The highest BCUT2D eigenvalue weighted by atomic mass is 16.4. The van der Waals surface area contributed by atoms with Crippen LogP contribution in [0.25, 0.3) is 6.08 Å². The van der Waals surface area contributed by atoms with Gasteiger partial charge in [0.05, 0.1) is 0 Å². The van der Waals surface area contributed by atoms with Crippen LogP contribution in [0.4, 0.5) is 0 Å². The first-order valence-electron chi connectivity index (χ1n) is 6.76. The molecule has 0 amide bonds. The molecular weight excluding hydrogens is 259 g/mol. The standard InChI is InChI=1S/C15H17BO2.C3H6/c1-3-8-15(16(17)18)14(4-2)12-11-13-9-6-5-7-10-13;1-3-2/h3-12,17-18H,2H2,1H3;3H,1H2,2H3/b8-3-,12-11+,15-14+;. The molecule has 0 aromatic heterocycles. The highest BCUT2D eigenvalue weighted by Crippen LogP contribution is 2.13. The fourth-order valence-corrected chi connectivity index (χ4v) is 1.54. The summed E-state index contributed by atoms with van der Waals surface area (Å²) >= 11 is 0. The van der Waals surface area contributed by atoms with E-state index in [1.165, 1.54) is 0 Å². The second kappa shape index (κ2) is 11.7. The van der Waals surface area contributed by atoms with E-state index in [0.717, 1.165) is 5.56 Å². The lowest BCUT2D eigenvalue weighted by molar-refractivity contribution is 0.420. The van der Waals surface area contributed by atoms with Crippen molar-refractivity contribution in [2.75, 3.05) is 0 Å². The van der Waals surface area contributed by atoms with Crippen LogP contribution in [0.3, 0.4) is 0 Å². The van der Waals surface area contributed by atoms with Crippen LogP contribution >= 0.6 is 0 Å². The second-order valence-electron chi connectivity index (χ2n) is 4.14. The Morgan fingerprint density at radius 2 is 1.62 bits per heavy atom. The Hall–Kier alpha value is -2.10. The predicted octanol–water partition coefficient (Wildman–Crippen LogP) is 3.96. The number of rotatable bonds is 5. The first-order valence-corrected chi connectivity index (χ1v) is 6.76. The maximum absolute atomic E-state index is 9.31. The molecule has 0 aliphatic heterocycles. The van der Waals surface area contributed by atoms with E-state index in [4.69, 9.17) is 0 Å². The molecule has 0 unspecified atom stereocenters. The number of allylic oxidation sites excluding steroid dienone is 7. The Bertz CT molecular complexity index is 511. The molecule has 21 heavy (non-hydrogen) atoms. The third-order valence-electron chi connectivity index (χ3n) is 2.43. The summed E-state index contributed by atoms with van der Waals surface area (Å²) in [6, 6.07) is 9.80. The molecule has 3 heteroatoms. The highest BCUT2D eigenvalue weighted by Gasteiger charge is 2.14. The summed E-state index contributed by atoms with van der Waals surface area (Å²) in [6.45, 7) is 10.8. The third-order valence-corrected chi connectivity index (χ3v) is 2.43. The Kier molecular flexibility index (Phi) is 10.5. The molecule has 2 nitrogen and oxygen atoms in total. The smallest absolute Gasteiger partial charge is 0.423 e. The second-order valence-corrected chi connectivity index (χ2v) is 4.14. The fraction of sp³-hybridized carbons (Fsp3) is 0.111. The molecule has 0 aliphatic carbocycles. The zero-order chi connectivity index (χ0) is 16.1. The number of benzene rings is 1. The van der Waals surface area contributed by atoms with Crippen LogP contribution < -0.4 is 0 Å². The van der Waals surface area contributed by atoms with E-state index in [-0.39, 0.29) is 0 Å². The number of hydrogen-bond donors (Lipinski definition) is 2. The SMILES string of the molecule is C=CC.C=CC(/C=C/c1ccccc1)=C(/C=C\C)B(O)O. The molecule has 0 fully saturated rings. The van der Waals surface area contributed by atoms with Gasteiger partial charge in [0.2, 0.25) is 0 Å². The van der Waals surface area contributed by atoms with Crippen molar-refractivity contribution < 1.29 is 10.0 Å². The summed E-state index contributed by atoms with van der Waals surface area (Å²) in [5.41, 5.74) is 2.16. The summed E-state index contributed by atoms with van der Waals surface area (Å²) in [6.07, 6.45) is 10.5. The van der Waals surface area contributed by atoms with E-state index in [2.05, 4.69) is 13.2 Å². The molecule has 1 rings (SSSR count). The molecule has 2 N–H and O–H groups in total. The zero-order valence-electron chi connectivity index (χ0n) is 12.7. The van der Waals surface area contributed by atoms with Crippen LogP contribution in [0.15, 0.2) is 84.9 Å². The molecule has 0 saturated heterocycles. The minimum Gasteiger partial charge on any atom is -0.423 e. The lowest BCUT2D eigenvalue weighted by Crippen LogP contribution is -2.15. The van der Waals surface area contributed by atoms with Gasteiger partial charge in [-0.3, -0.25) is 0 Å². The van der Waals surface area contributed by atoms with Crippen molar-refractivity contribution >= 4 is 13.2 Å².